The molecule has 1 amide bonds. The molecule has 96 valence electrons. The molecule has 0 unspecified atom stereocenters. The molecular formula is C10H22N2O3S. The second kappa shape index (κ2) is 6.85. The van der Waals surface area contributed by atoms with Crippen molar-refractivity contribution in [3.05, 3.63) is 0 Å². The Balaban J connectivity index is 4.65. The topological polar surface area (TPSA) is 89.3 Å². The van der Waals surface area contributed by atoms with E-state index >= 15 is 0 Å². The fourth-order valence-corrected chi connectivity index (χ4v) is 3.39. The fourth-order valence-electron chi connectivity index (χ4n) is 1.50. The van der Waals surface area contributed by atoms with Gasteiger partial charge in [-0.15, -0.1) is 0 Å². The summed E-state index contributed by atoms with van der Waals surface area (Å²) in [4.78, 5) is 10.8. The zero-order chi connectivity index (χ0) is 12.8. The Labute approximate surface area is 97.8 Å². The molecule has 0 aromatic rings. The minimum Gasteiger partial charge on any atom is -0.368 e. The highest BCUT2D eigenvalue weighted by atomic mass is 32.2. The molecule has 0 heterocycles. The molecule has 0 spiro atoms. The van der Waals surface area contributed by atoms with E-state index < -0.39 is 27.2 Å². The van der Waals surface area contributed by atoms with Crippen LogP contribution in [0.25, 0.3) is 0 Å². The lowest BCUT2D eigenvalue weighted by molar-refractivity contribution is -0.119. The number of nitrogens with two attached hydrogens (primary N) is 1. The summed E-state index contributed by atoms with van der Waals surface area (Å²) in [5.41, 5.74) is 5.03. The number of carbonyl (C=O) groups excluding carboxylic acids is 1. The van der Waals surface area contributed by atoms with Gasteiger partial charge >= 0.3 is 0 Å². The first kappa shape index (κ1) is 15.4. The minimum atomic E-state index is -3.44. The molecule has 1 atom stereocenters. The molecule has 0 saturated carbocycles. The predicted octanol–water partition coefficient (Wildman–Crippen LogP) is 0.748. The van der Waals surface area contributed by atoms with Crippen molar-refractivity contribution in [3.63, 3.8) is 0 Å². The number of hydrogen-bond acceptors (Lipinski definition) is 3. The number of carbonyl (C=O) groups is 1. The first-order chi connectivity index (χ1) is 7.35. The standard InChI is InChI=1S/C10H22N2O3S/c1-4-6-9(7-5-2)16(14,15)12-8(3)10(11)13/h8-9,12H,4-7H2,1-3H3,(H2,11,13)/t8-/m1/s1. The third-order valence-corrected chi connectivity index (χ3v) is 4.46. The van der Waals surface area contributed by atoms with Gasteiger partial charge in [-0.1, -0.05) is 26.7 Å². The summed E-state index contributed by atoms with van der Waals surface area (Å²) in [7, 11) is -3.44. The van der Waals surface area contributed by atoms with E-state index in [0.29, 0.717) is 12.8 Å². The van der Waals surface area contributed by atoms with Gasteiger partial charge < -0.3 is 5.73 Å². The lowest BCUT2D eigenvalue weighted by Gasteiger charge is -2.19. The number of rotatable bonds is 8. The normalized spacial score (nSPS) is 14.0. The summed E-state index contributed by atoms with van der Waals surface area (Å²) in [5, 5.41) is -0.427. The number of primary amides is 1. The van der Waals surface area contributed by atoms with Gasteiger partial charge in [-0.05, 0) is 19.8 Å². The van der Waals surface area contributed by atoms with Gasteiger partial charge in [0.15, 0.2) is 0 Å². The third-order valence-electron chi connectivity index (χ3n) is 2.43. The van der Waals surface area contributed by atoms with Gasteiger partial charge in [-0.25, -0.2) is 13.1 Å². The van der Waals surface area contributed by atoms with Crippen molar-refractivity contribution >= 4 is 15.9 Å². The van der Waals surface area contributed by atoms with Crippen LogP contribution in [0.4, 0.5) is 0 Å². The number of nitrogens with one attached hydrogen (secondary N) is 1. The lowest BCUT2D eigenvalue weighted by atomic mass is 10.2. The highest BCUT2D eigenvalue weighted by Gasteiger charge is 2.26. The monoisotopic (exact) mass is 250 g/mol. The summed E-state index contributed by atoms with van der Waals surface area (Å²) >= 11 is 0. The first-order valence-corrected chi connectivity index (χ1v) is 7.20. The Bertz CT molecular complexity index is 308. The number of sulfonamides is 1. The van der Waals surface area contributed by atoms with Crippen LogP contribution in [0.2, 0.25) is 0 Å². The van der Waals surface area contributed by atoms with Gasteiger partial charge in [0.05, 0.1) is 11.3 Å². The van der Waals surface area contributed by atoms with Gasteiger partial charge in [0.25, 0.3) is 0 Å². The Kier molecular flexibility index (Phi) is 6.59. The molecule has 3 N–H and O–H groups in total. The van der Waals surface area contributed by atoms with Crippen LogP contribution < -0.4 is 10.5 Å². The average molecular weight is 250 g/mol. The molecule has 0 bridgehead atoms. The van der Waals surface area contributed by atoms with Crippen molar-refractivity contribution in [2.75, 3.05) is 0 Å². The fraction of sp³-hybridized carbons (Fsp3) is 0.900. The number of amides is 1. The predicted molar refractivity (Wildman–Crippen MR) is 64.3 cm³/mol. The Hall–Kier alpha value is -0.620. The van der Waals surface area contributed by atoms with E-state index in [-0.39, 0.29) is 0 Å². The molecule has 0 aromatic heterocycles. The third kappa shape index (κ3) is 4.94. The highest BCUT2D eigenvalue weighted by Crippen LogP contribution is 2.14. The largest absolute Gasteiger partial charge is 0.368 e. The van der Waals surface area contributed by atoms with Crippen molar-refractivity contribution in [1.82, 2.24) is 4.72 Å². The molecule has 0 aliphatic rings. The van der Waals surface area contributed by atoms with Crippen molar-refractivity contribution in [2.24, 2.45) is 5.73 Å². The maximum Gasteiger partial charge on any atom is 0.235 e. The van der Waals surface area contributed by atoms with Crippen LogP contribution in [0.3, 0.4) is 0 Å². The van der Waals surface area contributed by atoms with E-state index in [1.807, 2.05) is 13.8 Å². The van der Waals surface area contributed by atoms with Crippen molar-refractivity contribution in [3.8, 4) is 0 Å². The van der Waals surface area contributed by atoms with E-state index in [4.69, 9.17) is 5.73 Å². The van der Waals surface area contributed by atoms with E-state index in [1.165, 1.54) is 6.92 Å². The maximum atomic E-state index is 11.9. The van der Waals surface area contributed by atoms with Crippen LogP contribution in [-0.4, -0.2) is 25.6 Å². The zero-order valence-electron chi connectivity index (χ0n) is 10.2. The molecule has 0 rings (SSSR count). The smallest absolute Gasteiger partial charge is 0.235 e. The lowest BCUT2D eigenvalue weighted by Crippen LogP contribution is -2.45. The Morgan fingerprint density at radius 2 is 1.69 bits per heavy atom. The minimum absolute atomic E-state index is 0.427. The molecule has 16 heavy (non-hydrogen) atoms. The zero-order valence-corrected chi connectivity index (χ0v) is 11.0. The molecule has 0 saturated heterocycles. The van der Waals surface area contributed by atoms with E-state index in [0.717, 1.165) is 12.8 Å². The van der Waals surface area contributed by atoms with Gasteiger partial charge in [-0.2, -0.15) is 0 Å². The van der Waals surface area contributed by atoms with Crippen molar-refractivity contribution in [1.29, 1.82) is 0 Å². The highest BCUT2D eigenvalue weighted by molar-refractivity contribution is 7.90. The van der Waals surface area contributed by atoms with E-state index in [2.05, 4.69) is 4.72 Å². The molecule has 5 nitrogen and oxygen atoms in total. The summed E-state index contributed by atoms with van der Waals surface area (Å²) < 4.78 is 26.1. The molecule has 0 radical (unpaired) electrons. The Morgan fingerprint density at radius 1 is 1.25 bits per heavy atom. The first-order valence-electron chi connectivity index (χ1n) is 5.65. The van der Waals surface area contributed by atoms with Crippen molar-refractivity contribution < 1.29 is 13.2 Å². The molecule has 6 heteroatoms. The maximum absolute atomic E-state index is 11.9. The molecule has 0 aromatic carbocycles. The van der Waals surface area contributed by atoms with Crippen LogP contribution >= 0.6 is 0 Å². The second-order valence-corrected chi connectivity index (χ2v) is 5.98. The molecule has 0 aliphatic heterocycles. The van der Waals surface area contributed by atoms with Crippen LogP contribution in [0, 0.1) is 0 Å². The summed E-state index contributed by atoms with van der Waals surface area (Å²) in [5.74, 6) is -0.657. The summed E-state index contributed by atoms with van der Waals surface area (Å²) in [6.07, 6.45) is 2.82. The quantitative estimate of drug-likeness (QED) is 0.666. The van der Waals surface area contributed by atoms with Crippen LogP contribution in [0.15, 0.2) is 0 Å². The molecule has 0 aliphatic carbocycles. The van der Waals surface area contributed by atoms with Gasteiger partial charge in [-0.3, -0.25) is 4.79 Å². The van der Waals surface area contributed by atoms with Gasteiger partial charge in [0.1, 0.15) is 0 Å². The van der Waals surface area contributed by atoms with Gasteiger partial charge in [0.2, 0.25) is 15.9 Å². The van der Waals surface area contributed by atoms with Crippen molar-refractivity contribution in [2.45, 2.75) is 57.7 Å². The molecule has 0 fully saturated rings. The van der Waals surface area contributed by atoms with E-state index in [9.17, 15) is 13.2 Å². The van der Waals surface area contributed by atoms with Crippen LogP contribution in [0.5, 0.6) is 0 Å². The summed E-state index contributed by atoms with van der Waals surface area (Å²) in [6, 6.07) is -0.846. The van der Waals surface area contributed by atoms with Crippen LogP contribution in [0.1, 0.15) is 46.5 Å². The molecular weight excluding hydrogens is 228 g/mol. The average Bonchev–Trinajstić information content (AvgIpc) is 2.16. The summed E-state index contributed by atoms with van der Waals surface area (Å²) in [6.45, 7) is 5.33. The van der Waals surface area contributed by atoms with Gasteiger partial charge in [0, 0.05) is 0 Å². The van der Waals surface area contributed by atoms with Crippen LogP contribution in [-0.2, 0) is 14.8 Å². The number of hydrogen-bond donors (Lipinski definition) is 2. The Morgan fingerprint density at radius 3 is 2.00 bits per heavy atom. The van der Waals surface area contributed by atoms with E-state index in [1.54, 1.807) is 0 Å². The second-order valence-electron chi connectivity index (χ2n) is 3.99. The SMILES string of the molecule is CCCC(CCC)S(=O)(=O)N[C@H](C)C(N)=O.